The molecule has 0 heterocycles. The summed E-state index contributed by atoms with van der Waals surface area (Å²) in [6.07, 6.45) is 8.08. The lowest BCUT2D eigenvalue weighted by molar-refractivity contribution is -0.193. The van der Waals surface area contributed by atoms with Crippen molar-refractivity contribution < 1.29 is 14.3 Å². The largest absolute Gasteiger partial charge is 0.469 e. The fourth-order valence-electron chi connectivity index (χ4n) is 7.57. The minimum absolute atomic E-state index is 0.0316. The fraction of sp³-hybridized carbons (Fsp3) is 0.810. The van der Waals surface area contributed by atoms with Gasteiger partial charge in [-0.25, -0.2) is 0 Å². The second-order valence-electron chi connectivity index (χ2n) is 9.54. The van der Waals surface area contributed by atoms with Crippen LogP contribution in [-0.2, 0) is 14.3 Å². The van der Waals surface area contributed by atoms with Crippen LogP contribution in [0.3, 0.4) is 0 Å². The van der Waals surface area contributed by atoms with Gasteiger partial charge in [0.2, 0.25) is 0 Å². The van der Waals surface area contributed by atoms with E-state index in [2.05, 4.69) is 20.4 Å². The number of Topliss-reactive ketones (excluding diaryl/α,β-unsaturated/α-hetero) is 1. The molecule has 5 aliphatic carbocycles. The number of ketones is 1. The van der Waals surface area contributed by atoms with E-state index in [0.29, 0.717) is 17.6 Å². The summed E-state index contributed by atoms with van der Waals surface area (Å²) in [5, 5.41) is 0. The normalized spacial score (nSPS) is 50.2. The number of allylic oxidation sites excluding steroid dienone is 1. The van der Waals surface area contributed by atoms with E-state index in [1.54, 1.807) is 0 Å². The van der Waals surface area contributed by atoms with Gasteiger partial charge in [0.05, 0.1) is 12.5 Å². The number of ether oxygens (including phenoxy) is 1. The number of carbonyl (C=O) groups excluding carboxylic acids is 2. The first kappa shape index (κ1) is 16.4. The summed E-state index contributed by atoms with van der Waals surface area (Å²) in [5.41, 5.74) is 1.10. The van der Waals surface area contributed by atoms with Gasteiger partial charge in [-0.15, -0.1) is 0 Å². The molecule has 2 bridgehead atoms. The van der Waals surface area contributed by atoms with Crippen LogP contribution in [-0.4, -0.2) is 18.9 Å². The number of methoxy groups -OCH3 is 1. The highest BCUT2D eigenvalue weighted by molar-refractivity contribution is 5.87. The molecule has 0 aromatic carbocycles. The number of fused-ring (bicyclic) bond motifs is 3. The third-order valence-corrected chi connectivity index (χ3v) is 8.55. The number of hydrogen-bond acceptors (Lipinski definition) is 3. The van der Waals surface area contributed by atoms with Gasteiger partial charge in [0.15, 0.2) is 0 Å². The summed E-state index contributed by atoms with van der Waals surface area (Å²) in [6.45, 7) is 8.78. The smallest absolute Gasteiger partial charge is 0.311 e. The lowest BCUT2D eigenvalue weighted by Crippen LogP contribution is -2.62. The van der Waals surface area contributed by atoms with Crippen molar-refractivity contribution in [2.75, 3.05) is 7.11 Å². The zero-order valence-corrected chi connectivity index (χ0v) is 15.3. The minimum Gasteiger partial charge on any atom is -0.469 e. The number of hydrogen-bond donors (Lipinski definition) is 0. The standard InChI is InChI=1S/C21H30O3/c1-13-11-21-9-6-16-19(2,17(21)10-14(13)15(22)12-21)7-5-8-20(16,3)18(23)24-4/h14,16-17H,1,5-12H2,2-4H3/t14?,16-,17?,19?,20?,21+/m0/s1. The van der Waals surface area contributed by atoms with Crippen molar-refractivity contribution in [2.45, 2.75) is 65.2 Å². The highest BCUT2D eigenvalue weighted by atomic mass is 16.5. The molecule has 0 radical (unpaired) electrons. The van der Waals surface area contributed by atoms with Crippen LogP contribution in [0.4, 0.5) is 0 Å². The van der Waals surface area contributed by atoms with E-state index in [1.165, 1.54) is 19.1 Å². The zero-order valence-electron chi connectivity index (χ0n) is 15.3. The highest BCUT2D eigenvalue weighted by Crippen LogP contribution is 2.71. The predicted molar refractivity (Wildman–Crippen MR) is 92.2 cm³/mol. The molecule has 6 atom stereocenters. The molecule has 3 heteroatoms. The highest BCUT2D eigenvalue weighted by Gasteiger charge is 2.66. The van der Waals surface area contributed by atoms with E-state index >= 15 is 0 Å². The lowest BCUT2D eigenvalue weighted by atomic mass is 9.37. The Bertz CT molecular complexity index is 603. The quantitative estimate of drug-likeness (QED) is 0.531. The van der Waals surface area contributed by atoms with Crippen LogP contribution in [0, 0.1) is 34.0 Å². The summed E-state index contributed by atoms with van der Waals surface area (Å²) in [7, 11) is 1.52. The average molecular weight is 330 g/mol. The van der Waals surface area contributed by atoms with Crippen LogP contribution in [0.15, 0.2) is 12.2 Å². The molecule has 132 valence electrons. The van der Waals surface area contributed by atoms with E-state index in [1.807, 2.05) is 0 Å². The third-order valence-electron chi connectivity index (χ3n) is 8.55. The van der Waals surface area contributed by atoms with Gasteiger partial charge >= 0.3 is 5.97 Å². The molecule has 0 saturated heterocycles. The average Bonchev–Trinajstić information content (AvgIpc) is 2.52. The molecule has 5 fully saturated rings. The molecule has 0 aromatic heterocycles. The summed E-state index contributed by atoms with van der Waals surface area (Å²) < 4.78 is 5.21. The van der Waals surface area contributed by atoms with Crippen LogP contribution in [0.2, 0.25) is 0 Å². The zero-order chi connectivity index (χ0) is 17.3. The molecule has 0 aliphatic heterocycles. The SMILES string of the molecule is C=C1C[C@@]23CC[C@@H]4C(C)(C(=O)OC)CCCC4(C)C2CC1C(=O)C3. The second-order valence-corrected chi connectivity index (χ2v) is 9.54. The summed E-state index contributed by atoms with van der Waals surface area (Å²) in [5.74, 6) is 1.41. The Kier molecular flexibility index (Phi) is 3.38. The number of esters is 1. The van der Waals surface area contributed by atoms with Crippen molar-refractivity contribution >= 4 is 11.8 Å². The maximum absolute atomic E-state index is 12.6. The Morgan fingerprint density at radius 1 is 1.17 bits per heavy atom. The van der Waals surface area contributed by atoms with Crippen molar-refractivity contribution in [1.82, 2.24) is 0 Å². The van der Waals surface area contributed by atoms with Crippen LogP contribution in [0.25, 0.3) is 0 Å². The number of rotatable bonds is 1. The van der Waals surface area contributed by atoms with Gasteiger partial charge in [0.1, 0.15) is 5.78 Å². The molecular weight excluding hydrogens is 300 g/mol. The molecule has 5 aliphatic rings. The van der Waals surface area contributed by atoms with Crippen molar-refractivity contribution in [3.63, 3.8) is 0 Å². The van der Waals surface area contributed by atoms with E-state index in [0.717, 1.165) is 44.9 Å². The van der Waals surface area contributed by atoms with Crippen molar-refractivity contribution in [2.24, 2.45) is 34.0 Å². The Morgan fingerprint density at radius 2 is 1.92 bits per heavy atom. The second kappa shape index (κ2) is 4.95. The van der Waals surface area contributed by atoms with Gasteiger partial charge in [-0.05, 0) is 68.1 Å². The van der Waals surface area contributed by atoms with Crippen molar-refractivity contribution in [3.8, 4) is 0 Å². The monoisotopic (exact) mass is 330 g/mol. The Hall–Kier alpha value is -1.12. The molecule has 0 aromatic rings. The third kappa shape index (κ3) is 1.84. The maximum Gasteiger partial charge on any atom is 0.311 e. The molecule has 24 heavy (non-hydrogen) atoms. The van der Waals surface area contributed by atoms with E-state index in [9.17, 15) is 9.59 Å². The first-order chi connectivity index (χ1) is 11.3. The van der Waals surface area contributed by atoms with Gasteiger partial charge in [-0.2, -0.15) is 0 Å². The van der Waals surface area contributed by atoms with E-state index < -0.39 is 0 Å². The van der Waals surface area contributed by atoms with Crippen LogP contribution >= 0.6 is 0 Å². The summed E-state index contributed by atoms with van der Waals surface area (Å²) >= 11 is 0. The Morgan fingerprint density at radius 3 is 2.58 bits per heavy atom. The fourth-order valence-corrected chi connectivity index (χ4v) is 7.57. The van der Waals surface area contributed by atoms with Gasteiger partial charge in [-0.3, -0.25) is 9.59 Å². The van der Waals surface area contributed by atoms with Crippen LogP contribution < -0.4 is 0 Å². The molecule has 0 N–H and O–H groups in total. The molecule has 4 unspecified atom stereocenters. The van der Waals surface area contributed by atoms with Crippen LogP contribution in [0.5, 0.6) is 0 Å². The molecule has 1 spiro atoms. The Balaban J connectivity index is 1.75. The molecule has 5 saturated carbocycles. The van der Waals surface area contributed by atoms with Gasteiger partial charge in [0.25, 0.3) is 0 Å². The molecule has 0 amide bonds. The summed E-state index contributed by atoms with van der Waals surface area (Å²) in [4.78, 5) is 25.1. The number of carbonyl (C=O) groups is 2. The predicted octanol–water partition coefficient (Wildman–Crippen LogP) is 4.31. The maximum atomic E-state index is 12.6. The van der Waals surface area contributed by atoms with Gasteiger partial charge in [-0.1, -0.05) is 25.5 Å². The molecule has 5 rings (SSSR count). The first-order valence-corrected chi connectivity index (χ1v) is 9.56. The minimum atomic E-state index is -0.360. The van der Waals surface area contributed by atoms with Gasteiger partial charge < -0.3 is 4.74 Å². The first-order valence-electron chi connectivity index (χ1n) is 9.56. The van der Waals surface area contributed by atoms with Crippen molar-refractivity contribution in [1.29, 1.82) is 0 Å². The topological polar surface area (TPSA) is 43.4 Å². The van der Waals surface area contributed by atoms with Crippen molar-refractivity contribution in [3.05, 3.63) is 12.2 Å². The molecule has 3 nitrogen and oxygen atoms in total. The van der Waals surface area contributed by atoms with Crippen LogP contribution in [0.1, 0.15) is 65.2 Å². The van der Waals surface area contributed by atoms with E-state index in [4.69, 9.17) is 4.74 Å². The van der Waals surface area contributed by atoms with Gasteiger partial charge in [0, 0.05) is 12.3 Å². The Labute approximate surface area is 145 Å². The van der Waals surface area contributed by atoms with E-state index in [-0.39, 0.29) is 28.1 Å². The molecular formula is C21H30O3. The lowest BCUT2D eigenvalue weighted by Gasteiger charge is -2.67. The summed E-state index contributed by atoms with van der Waals surface area (Å²) in [6, 6.07) is 0.